The highest BCUT2D eigenvalue weighted by molar-refractivity contribution is 5.80. The molecule has 3 unspecified atom stereocenters. The number of carbonyl (C=O) groups excluding carboxylic acids is 1. The molecule has 2 aliphatic rings. The minimum atomic E-state index is -0.779. The van der Waals surface area contributed by atoms with Crippen LogP contribution >= 0.6 is 0 Å². The fourth-order valence-electron chi connectivity index (χ4n) is 3.17. The minimum absolute atomic E-state index is 0.0881. The van der Waals surface area contributed by atoms with E-state index in [4.69, 9.17) is 9.84 Å². The molecule has 6 heteroatoms. The van der Waals surface area contributed by atoms with Crippen LogP contribution in [0.15, 0.2) is 0 Å². The highest BCUT2D eigenvalue weighted by Crippen LogP contribution is 2.24. The predicted octanol–water partition coefficient (Wildman–Crippen LogP) is 0.324. The molecule has 114 valence electrons. The van der Waals surface area contributed by atoms with E-state index in [1.54, 1.807) is 0 Å². The second kappa shape index (κ2) is 7.04. The molecule has 0 spiro atoms. The number of ether oxygens (including phenoxy) is 1. The Bertz CT molecular complexity index is 361. The van der Waals surface area contributed by atoms with E-state index in [-0.39, 0.29) is 30.2 Å². The number of likely N-dealkylation sites (tertiary alicyclic amines) is 1. The van der Waals surface area contributed by atoms with Crippen LogP contribution in [0.25, 0.3) is 0 Å². The smallest absolute Gasteiger partial charge is 0.303 e. The second-order valence-electron chi connectivity index (χ2n) is 5.70. The van der Waals surface area contributed by atoms with Crippen molar-refractivity contribution in [1.82, 2.24) is 10.2 Å². The molecular weight excluding hydrogens is 260 g/mol. The van der Waals surface area contributed by atoms with Gasteiger partial charge in [0.1, 0.15) is 0 Å². The molecule has 0 bridgehead atoms. The van der Waals surface area contributed by atoms with Crippen molar-refractivity contribution < 1.29 is 19.4 Å². The molecule has 2 fully saturated rings. The number of rotatable bonds is 5. The third-order valence-corrected chi connectivity index (χ3v) is 4.16. The van der Waals surface area contributed by atoms with Crippen molar-refractivity contribution in [3.05, 3.63) is 0 Å². The van der Waals surface area contributed by atoms with Gasteiger partial charge in [-0.3, -0.25) is 9.59 Å². The highest BCUT2D eigenvalue weighted by atomic mass is 16.5. The molecule has 20 heavy (non-hydrogen) atoms. The van der Waals surface area contributed by atoms with Gasteiger partial charge < -0.3 is 20.1 Å². The van der Waals surface area contributed by atoms with E-state index in [1.807, 2.05) is 11.8 Å². The normalized spacial score (nSPS) is 30.4. The first-order chi connectivity index (χ1) is 9.61. The van der Waals surface area contributed by atoms with Crippen LogP contribution in [-0.2, 0) is 14.3 Å². The molecular formula is C14H24N2O4. The number of nitrogens with zero attached hydrogens (tertiary/aromatic N) is 1. The maximum absolute atomic E-state index is 12.6. The maximum Gasteiger partial charge on any atom is 0.303 e. The SMILES string of the molecule is CCNC1COCC1C(=O)N1CCCC(CC(=O)O)C1. The average molecular weight is 284 g/mol. The third-order valence-electron chi connectivity index (χ3n) is 4.16. The molecule has 2 aliphatic heterocycles. The van der Waals surface area contributed by atoms with Crippen molar-refractivity contribution in [3.8, 4) is 0 Å². The quantitative estimate of drug-likeness (QED) is 0.760. The van der Waals surface area contributed by atoms with Crippen molar-refractivity contribution in [3.63, 3.8) is 0 Å². The molecule has 0 aliphatic carbocycles. The first-order valence-corrected chi connectivity index (χ1v) is 7.43. The van der Waals surface area contributed by atoms with Gasteiger partial charge in [0.05, 0.1) is 19.1 Å². The van der Waals surface area contributed by atoms with Crippen molar-refractivity contribution in [1.29, 1.82) is 0 Å². The summed E-state index contributed by atoms with van der Waals surface area (Å²) in [7, 11) is 0. The number of carboxylic acids is 1. The van der Waals surface area contributed by atoms with Crippen molar-refractivity contribution in [2.75, 3.05) is 32.8 Å². The number of amides is 1. The Balaban J connectivity index is 1.92. The van der Waals surface area contributed by atoms with Gasteiger partial charge in [0.2, 0.25) is 5.91 Å². The third kappa shape index (κ3) is 3.70. The van der Waals surface area contributed by atoms with Crippen molar-refractivity contribution in [2.45, 2.75) is 32.2 Å². The Morgan fingerprint density at radius 2 is 2.20 bits per heavy atom. The van der Waals surface area contributed by atoms with Crippen LogP contribution in [0.2, 0.25) is 0 Å². The Kier molecular flexibility index (Phi) is 5.37. The van der Waals surface area contributed by atoms with Crippen LogP contribution < -0.4 is 5.32 Å². The first-order valence-electron chi connectivity index (χ1n) is 7.43. The molecule has 0 saturated carbocycles. The lowest BCUT2D eigenvalue weighted by Crippen LogP contribution is -2.49. The van der Waals surface area contributed by atoms with Gasteiger partial charge in [-0.05, 0) is 25.3 Å². The lowest BCUT2D eigenvalue weighted by molar-refractivity contribution is -0.142. The van der Waals surface area contributed by atoms with E-state index < -0.39 is 5.97 Å². The van der Waals surface area contributed by atoms with E-state index >= 15 is 0 Å². The van der Waals surface area contributed by atoms with Crippen molar-refractivity contribution >= 4 is 11.9 Å². The second-order valence-corrected chi connectivity index (χ2v) is 5.70. The van der Waals surface area contributed by atoms with Gasteiger partial charge >= 0.3 is 5.97 Å². The van der Waals surface area contributed by atoms with Gasteiger partial charge in [-0.15, -0.1) is 0 Å². The van der Waals surface area contributed by atoms with Crippen LogP contribution in [0, 0.1) is 11.8 Å². The monoisotopic (exact) mass is 284 g/mol. The summed E-state index contributed by atoms with van der Waals surface area (Å²) in [6.07, 6.45) is 1.94. The Labute approximate surface area is 119 Å². The van der Waals surface area contributed by atoms with Gasteiger partial charge in [-0.25, -0.2) is 0 Å². The molecule has 6 nitrogen and oxygen atoms in total. The van der Waals surface area contributed by atoms with Crippen LogP contribution in [0.1, 0.15) is 26.2 Å². The van der Waals surface area contributed by atoms with Crippen LogP contribution in [0.4, 0.5) is 0 Å². The topological polar surface area (TPSA) is 78.9 Å². The predicted molar refractivity (Wildman–Crippen MR) is 73.3 cm³/mol. The molecule has 2 heterocycles. The van der Waals surface area contributed by atoms with E-state index in [0.717, 1.165) is 25.9 Å². The van der Waals surface area contributed by atoms with E-state index in [0.29, 0.717) is 19.8 Å². The summed E-state index contributed by atoms with van der Waals surface area (Å²) in [4.78, 5) is 25.2. The van der Waals surface area contributed by atoms with E-state index in [9.17, 15) is 9.59 Å². The summed E-state index contributed by atoms with van der Waals surface area (Å²) in [6.45, 7) is 5.20. The van der Waals surface area contributed by atoms with Crippen LogP contribution in [0.5, 0.6) is 0 Å². The standard InChI is InChI=1S/C14H24N2O4/c1-2-15-12-9-20-8-11(12)14(19)16-5-3-4-10(7-16)6-13(17)18/h10-12,15H,2-9H2,1H3,(H,17,18). The summed E-state index contributed by atoms with van der Waals surface area (Å²) in [5.74, 6) is -0.703. The Morgan fingerprint density at radius 3 is 2.90 bits per heavy atom. The van der Waals surface area contributed by atoms with Gasteiger partial charge in [0.25, 0.3) is 0 Å². The summed E-state index contributed by atoms with van der Waals surface area (Å²) >= 11 is 0. The summed E-state index contributed by atoms with van der Waals surface area (Å²) in [5, 5.41) is 12.2. The molecule has 0 aromatic heterocycles. The van der Waals surface area contributed by atoms with E-state index in [1.165, 1.54) is 0 Å². The fourth-order valence-corrected chi connectivity index (χ4v) is 3.17. The average Bonchev–Trinajstić information content (AvgIpc) is 2.86. The summed E-state index contributed by atoms with van der Waals surface area (Å²) in [5.41, 5.74) is 0. The molecule has 2 rings (SSSR count). The number of aliphatic carboxylic acids is 1. The number of likely N-dealkylation sites (N-methyl/N-ethyl adjacent to an activating group) is 1. The first kappa shape index (κ1) is 15.3. The van der Waals surface area contributed by atoms with Gasteiger partial charge in [-0.1, -0.05) is 6.92 Å². The number of hydrogen-bond donors (Lipinski definition) is 2. The number of piperidine rings is 1. The summed E-state index contributed by atoms with van der Waals surface area (Å²) in [6, 6.07) is 0.0901. The van der Waals surface area contributed by atoms with Crippen LogP contribution in [-0.4, -0.2) is 60.8 Å². The largest absolute Gasteiger partial charge is 0.481 e. The zero-order valence-corrected chi connectivity index (χ0v) is 12.0. The lowest BCUT2D eigenvalue weighted by Gasteiger charge is -2.34. The molecule has 3 atom stereocenters. The Morgan fingerprint density at radius 1 is 1.40 bits per heavy atom. The number of hydrogen-bond acceptors (Lipinski definition) is 4. The lowest BCUT2D eigenvalue weighted by atomic mass is 9.93. The van der Waals surface area contributed by atoms with Gasteiger partial charge in [-0.2, -0.15) is 0 Å². The minimum Gasteiger partial charge on any atom is -0.481 e. The molecule has 2 N–H and O–H groups in total. The van der Waals surface area contributed by atoms with Crippen LogP contribution in [0.3, 0.4) is 0 Å². The van der Waals surface area contributed by atoms with Gasteiger partial charge in [0.15, 0.2) is 0 Å². The molecule has 1 amide bonds. The molecule has 0 radical (unpaired) electrons. The summed E-state index contributed by atoms with van der Waals surface area (Å²) < 4.78 is 5.42. The maximum atomic E-state index is 12.6. The zero-order chi connectivity index (χ0) is 14.5. The number of carbonyl (C=O) groups is 2. The number of carboxylic acid groups (broad SMARTS) is 1. The zero-order valence-electron chi connectivity index (χ0n) is 12.0. The fraction of sp³-hybridized carbons (Fsp3) is 0.857. The molecule has 0 aromatic rings. The van der Waals surface area contributed by atoms with E-state index in [2.05, 4.69) is 5.32 Å². The Hall–Kier alpha value is -1.14. The van der Waals surface area contributed by atoms with Crippen molar-refractivity contribution in [2.24, 2.45) is 11.8 Å². The molecule has 0 aromatic carbocycles. The van der Waals surface area contributed by atoms with Gasteiger partial charge in [0, 0.05) is 25.6 Å². The number of nitrogens with one attached hydrogen (secondary N) is 1. The molecule has 2 saturated heterocycles. The highest BCUT2D eigenvalue weighted by Gasteiger charge is 2.37.